The molecule has 0 amide bonds. The van der Waals surface area contributed by atoms with Crippen molar-refractivity contribution in [3.05, 3.63) is 64.5 Å². The monoisotopic (exact) mass is 311 g/mol. The van der Waals surface area contributed by atoms with Crippen molar-refractivity contribution in [3.63, 3.8) is 0 Å². The Kier molecular flexibility index (Phi) is 4.25. The van der Waals surface area contributed by atoms with Crippen LogP contribution in [0.2, 0.25) is 0 Å². The van der Waals surface area contributed by atoms with Crippen molar-refractivity contribution in [1.82, 2.24) is 24.5 Å². The predicted octanol–water partition coefficient (Wildman–Crippen LogP) is 1.94. The molecule has 0 aliphatic rings. The van der Waals surface area contributed by atoms with Crippen molar-refractivity contribution in [2.45, 2.75) is 39.4 Å². The Morgan fingerprint density at radius 3 is 2.83 bits per heavy atom. The minimum absolute atomic E-state index is 0.0525. The zero-order valence-electron chi connectivity index (χ0n) is 13.6. The summed E-state index contributed by atoms with van der Waals surface area (Å²) in [6.07, 6.45) is 5.47. The molecule has 0 radical (unpaired) electrons. The number of aromatic nitrogens is 4. The van der Waals surface area contributed by atoms with Crippen LogP contribution in [-0.2, 0) is 6.54 Å². The molecular weight excluding hydrogens is 290 g/mol. The molecule has 0 spiro atoms. The lowest BCUT2D eigenvalue weighted by Crippen LogP contribution is -2.34. The van der Waals surface area contributed by atoms with E-state index in [2.05, 4.69) is 29.2 Å². The highest BCUT2D eigenvalue weighted by Crippen LogP contribution is 2.10. The summed E-state index contributed by atoms with van der Waals surface area (Å²) in [4.78, 5) is 16.8. The summed E-state index contributed by atoms with van der Waals surface area (Å²) >= 11 is 0. The Morgan fingerprint density at radius 1 is 1.26 bits per heavy atom. The first kappa shape index (κ1) is 15.4. The SMILES string of the molecule is Cc1cccn2c(=O)cc(CN[C@H](C)[C@@H](C)n3cccn3)nc12. The van der Waals surface area contributed by atoms with Crippen LogP contribution in [-0.4, -0.2) is 25.2 Å². The molecule has 1 N–H and O–H groups in total. The van der Waals surface area contributed by atoms with Gasteiger partial charge >= 0.3 is 0 Å². The molecule has 6 nitrogen and oxygen atoms in total. The van der Waals surface area contributed by atoms with Gasteiger partial charge in [0.25, 0.3) is 5.56 Å². The van der Waals surface area contributed by atoms with E-state index in [1.54, 1.807) is 22.9 Å². The lowest BCUT2D eigenvalue weighted by molar-refractivity contribution is 0.363. The molecule has 0 aliphatic carbocycles. The highest BCUT2D eigenvalue weighted by molar-refractivity contribution is 5.46. The van der Waals surface area contributed by atoms with Crippen LogP contribution in [0.4, 0.5) is 0 Å². The highest BCUT2D eigenvalue weighted by Gasteiger charge is 2.14. The molecule has 0 aliphatic heterocycles. The van der Waals surface area contributed by atoms with E-state index in [9.17, 15) is 4.79 Å². The van der Waals surface area contributed by atoms with Crippen LogP contribution in [0.1, 0.15) is 31.1 Å². The second-order valence-corrected chi connectivity index (χ2v) is 5.87. The van der Waals surface area contributed by atoms with Gasteiger partial charge in [0.1, 0.15) is 5.65 Å². The van der Waals surface area contributed by atoms with E-state index in [0.29, 0.717) is 12.2 Å². The average Bonchev–Trinajstić information content (AvgIpc) is 3.07. The second-order valence-electron chi connectivity index (χ2n) is 5.87. The summed E-state index contributed by atoms with van der Waals surface area (Å²) in [5.74, 6) is 0. The molecular formula is C17H21N5O. The summed E-state index contributed by atoms with van der Waals surface area (Å²) < 4.78 is 3.50. The topological polar surface area (TPSA) is 64.2 Å². The first-order chi connectivity index (χ1) is 11.1. The van der Waals surface area contributed by atoms with Crippen molar-refractivity contribution in [1.29, 1.82) is 0 Å². The zero-order chi connectivity index (χ0) is 16.4. The number of rotatable bonds is 5. The molecule has 3 aromatic rings. The normalized spacial score (nSPS) is 14.0. The minimum Gasteiger partial charge on any atom is -0.307 e. The molecule has 3 heterocycles. The van der Waals surface area contributed by atoms with Crippen molar-refractivity contribution >= 4 is 5.65 Å². The quantitative estimate of drug-likeness (QED) is 0.782. The molecule has 0 unspecified atom stereocenters. The van der Waals surface area contributed by atoms with Crippen molar-refractivity contribution in [2.24, 2.45) is 0 Å². The van der Waals surface area contributed by atoms with Crippen molar-refractivity contribution in [2.75, 3.05) is 0 Å². The van der Waals surface area contributed by atoms with E-state index in [0.717, 1.165) is 11.3 Å². The summed E-state index contributed by atoms with van der Waals surface area (Å²) in [6, 6.07) is 7.74. The molecule has 0 aromatic carbocycles. The molecule has 0 saturated heterocycles. The Labute approximate surface area is 134 Å². The third-order valence-electron chi connectivity index (χ3n) is 4.21. The molecule has 0 fully saturated rings. The average molecular weight is 311 g/mol. The zero-order valence-corrected chi connectivity index (χ0v) is 13.6. The minimum atomic E-state index is -0.0525. The Bertz CT molecular complexity index is 853. The number of hydrogen-bond donors (Lipinski definition) is 1. The largest absolute Gasteiger partial charge is 0.307 e. The fourth-order valence-corrected chi connectivity index (χ4v) is 2.59. The van der Waals surface area contributed by atoms with Gasteiger partial charge in [-0.2, -0.15) is 5.10 Å². The summed E-state index contributed by atoms with van der Waals surface area (Å²) in [5.41, 5.74) is 2.40. The third-order valence-corrected chi connectivity index (χ3v) is 4.21. The molecule has 3 aromatic heterocycles. The van der Waals surface area contributed by atoms with E-state index >= 15 is 0 Å². The maximum atomic E-state index is 12.2. The van der Waals surface area contributed by atoms with Crippen LogP contribution in [0, 0.1) is 6.92 Å². The van der Waals surface area contributed by atoms with Gasteiger partial charge in [0, 0.05) is 37.2 Å². The van der Waals surface area contributed by atoms with E-state index in [4.69, 9.17) is 0 Å². The molecule has 120 valence electrons. The number of nitrogens with zero attached hydrogens (tertiary/aromatic N) is 4. The molecule has 0 bridgehead atoms. The first-order valence-corrected chi connectivity index (χ1v) is 7.76. The van der Waals surface area contributed by atoms with Crippen molar-refractivity contribution < 1.29 is 0 Å². The molecule has 3 rings (SSSR count). The number of nitrogens with one attached hydrogen (secondary N) is 1. The Morgan fingerprint density at radius 2 is 2.09 bits per heavy atom. The summed E-state index contributed by atoms with van der Waals surface area (Å²) in [6.45, 7) is 6.72. The summed E-state index contributed by atoms with van der Waals surface area (Å²) in [5, 5.41) is 7.69. The maximum absolute atomic E-state index is 12.2. The molecule has 6 heteroatoms. The smallest absolute Gasteiger partial charge is 0.258 e. The lowest BCUT2D eigenvalue weighted by atomic mass is 10.1. The fraction of sp³-hybridized carbons (Fsp3) is 0.353. The van der Waals surface area contributed by atoms with Crippen LogP contribution in [0.25, 0.3) is 5.65 Å². The molecule has 0 saturated carbocycles. The van der Waals surface area contributed by atoms with Crippen molar-refractivity contribution in [3.8, 4) is 0 Å². The highest BCUT2D eigenvalue weighted by atomic mass is 16.1. The van der Waals surface area contributed by atoms with Crippen LogP contribution in [0.15, 0.2) is 47.7 Å². The first-order valence-electron chi connectivity index (χ1n) is 7.76. The van der Waals surface area contributed by atoms with E-state index < -0.39 is 0 Å². The lowest BCUT2D eigenvalue weighted by Gasteiger charge is -2.21. The second kappa shape index (κ2) is 6.34. The standard InChI is InChI=1S/C17H21N5O/c1-12-6-4-8-21-16(23)10-15(20-17(12)21)11-18-13(2)14(3)22-9-5-7-19-22/h4-10,13-14,18H,11H2,1-3H3/t13-,14-/m1/s1. The molecule has 2 atom stereocenters. The molecule has 23 heavy (non-hydrogen) atoms. The van der Waals surface area contributed by atoms with E-state index in [1.807, 2.05) is 36.0 Å². The van der Waals surface area contributed by atoms with Gasteiger partial charge in [0.05, 0.1) is 11.7 Å². The van der Waals surface area contributed by atoms with Crippen LogP contribution < -0.4 is 10.9 Å². The van der Waals surface area contributed by atoms with E-state index in [-0.39, 0.29) is 17.6 Å². The predicted molar refractivity (Wildman–Crippen MR) is 89.4 cm³/mol. The van der Waals surface area contributed by atoms with Gasteiger partial charge in [-0.25, -0.2) is 4.98 Å². The van der Waals surface area contributed by atoms with Crippen LogP contribution >= 0.6 is 0 Å². The van der Waals surface area contributed by atoms with Gasteiger partial charge in [-0.3, -0.25) is 13.9 Å². The number of fused-ring (bicyclic) bond motifs is 1. The van der Waals surface area contributed by atoms with E-state index in [1.165, 1.54) is 0 Å². The van der Waals surface area contributed by atoms with Gasteiger partial charge in [0.15, 0.2) is 0 Å². The van der Waals surface area contributed by atoms with Gasteiger partial charge < -0.3 is 5.32 Å². The van der Waals surface area contributed by atoms with Gasteiger partial charge in [-0.05, 0) is 38.5 Å². The van der Waals surface area contributed by atoms with Crippen LogP contribution in [0.5, 0.6) is 0 Å². The van der Waals surface area contributed by atoms with Crippen LogP contribution in [0.3, 0.4) is 0 Å². The number of hydrogen-bond acceptors (Lipinski definition) is 4. The Balaban J connectivity index is 1.77. The number of pyridine rings is 1. The Hall–Kier alpha value is -2.47. The maximum Gasteiger partial charge on any atom is 0.258 e. The van der Waals surface area contributed by atoms with Gasteiger partial charge in [-0.15, -0.1) is 0 Å². The summed E-state index contributed by atoms with van der Waals surface area (Å²) in [7, 11) is 0. The third kappa shape index (κ3) is 3.17. The number of aryl methyl sites for hydroxylation is 1. The van der Waals surface area contributed by atoms with Gasteiger partial charge in [-0.1, -0.05) is 6.07 Å². The van der Waals surface area contributed by atoms with Gasteiger partial charge in [0.2, 0.25) is 0 Å². The fourth-order valence-electron chi connectivity index (χ4n) is 2.59.